The van der Waals surface area contributed by atoms with Crippen LogP contribution in [0.2, 0.25) is 5.02 Å². The summed E-state index contributed by atoms with van der Waals surface area (Å²) >= 11 is 5.98. The minimum Gasteiger partial charge on any atom is -0.375 e. The summed E-state index contributed by atoms with van der Waals surface area (Å²) in [5, 5.41) is 5.91. The van der Waals surface area contributed by atoms with Crippen molar-refractivity contribution in [2.24, 2.45) is 0 Å². The van der Waals surface area contributed by atoms with Crippen LogP contribution in [0.25, 0.3) is 0 Å². The SMILES string of the molecule is COCC(=O)Nc1cccc(CNC(=O)NNc2ccccc2Cl)c1. The molecule has 2 aromatic carbocycles. The van der Waals surface area contributed by atoms with Crippen LogP contribution in [-0.4, -0.2) is 25.7 Å². The summed E-state index contributed by atoms with van der Waals surface area (Å²) in [6.45, 7) is 0.280. The van der Waals surface area contributed by atoms with Crippen molar-refractivity contribution < 1.29 is 14.3 Å². The number of methoxy groups -OCH3 is 1. The van der Waals surface area contributed by atoms with E-state index in [2.05, 4.69) is 21.5 Å². The molecule has 0 aliphatic carbocycles. The lowest BCUT2D eigenvalue weighted by Crippen LogP contribution is -2.38. The predicted octanol–water partition coefficient (Wildman–Crippen LogP) is 2.75. The second kappa shape index (κ2) is 9.51. The molecule has 0 heterocycles. The molecule has 0 saturated carbocycles. The van der Waals surface area contributed by atoms with Gasteiger partial charge in [0.2, 0.25) is 5.91 Å². The van der Waals surface area contributed by atoms with Gasteiger partial charge in [-0.1, -0.05) is 35.9 Å². The molecule has 0 aliphatic rings. The van der Waals surface area contributed by atoms with Crippen molar-refractivity contribution in [2.45, 2.75) is 6.54 Å². The second-order valence-corrected chi connectivity index (χ2v) is 5.50. The van der Waals surface area contributed by atoms with Crippen molar-refractivity contribution in [2.75, 3.05) is 24.5 Å². The predicted molar refractivity (Wildman–Crippen MR) is 97.4 cm³/mol. The van der Waals surface area contributed by atoms with Crippen LogP contribution in [0.3, 0.4) is 0 Å². The molecule has 132 valence electrons. The van der Waals surface area contributed by atoms with Crippen molar-refractivity contribution in [1.29, 1.82) is 0 Å². The highest BCUT2D eigenvalue weighted by atomic mass is 35.5. The van der Waals surface area contributed by atoms with Crippen molar-refractivity contribution in [3.8, 4) is 0 Å². The monoisotopic (exact) mass is 362 g/mol. The molecule has 25 heavy (non-hydrogen) atoms. The Kier molecular flexibility index (Phi) is 7.06. The van der Waals surface area contributed by atoms with Crippen LogP contribution < -0.4 is 21.5 Å². The summed E-state index contributed by atoms with van der Waals surface area (Å²) in [6.07, 6.45) is 0. The highest BCUT2D eigenvalue weighted by Gasteiger charge is 2.04. The average Bonchev–Trinajstić information content (AvgIpc) is 2.60. The molecule has 0 atom stereocenters. The van der Waals surface area contributed by atoms with Gasteiger partial charge in [0.1, 0.15) is 6.61 Å². The molecule has 0 aliphatic heterocycles. The minimum absolute atomic E-state index is 0.0153. The number of para-hydroxylation sites is 1. The van der Waals surface area contributed by atoms with Crippen LogP contribution in [-0.2, 0) is 16.1 Å². The Balaban J connectivity index is 1.81. The summed E-state index contributed by atoms with van der Waals surface area (Å²) in [5.41, 5.74) is 7.31. The first-order valence-electron chi connectivity index (χ1n) is 7.50. The first-order valence-corrected chi connectivity index (χ1v) is 7.88. The lowest BCUT2D eigenvalue weighted by Gasteiger charge is -2.11. The zero-order valence-corrected chi connectivity index (χ0v) is 14.4. The van der Waals surface area contributed by atoms with E-state index in [1.165, 1.54) is 7.11 Å². The maximum absolute atomic E-state index is 11.8. The number of anilines is 2. The highest BCUT2D eigenvalue weighted by Crippen LogP contribution is 2.19. The van der Waals surface area contributed by atoms with Gasteiger partial charge in [0.05, 0.1) is 10.7 Å². The molecule has 2 aromatic rings. The van der Waals surface area contributed by atoms with E-state index in [0.29, 0.717) is 22.9 Å². The molecule has 8 heteroatoms. The van der Waals surface area contributed by atoms with Gasteiger partial charge in [-0.2, -0.15) is 0 Å². The van der Waals surface area contributed by atoms with Gasteiger partial charge in [-0.15, -0.1) is 0 Å². The third-order valence-electron chi connectivity index (χ3n) is 3.12. The number of rotatable bonds is 7. The molecular weight excluding hydrogens is 344 g/mol. The molecule has 4 N–H and O–H groups in total. The zero-order valence-electron chi connectivity index (χ0n) is 13.6. The summed E-state index contributed by atoms with van der Waals surface area (Å²) in [4.78, 5) is 23.3. The number of hydrazine groups is 1. The summed E-state index contributed by atoms with van der Waals surface area (Å²) < 4.78 is 4.76. The van der Waals surface area contributed by atoms with E-state index < -0.39 is 6.03 Å². The van der Waals surface area contributed by atoms with Crippen molar-refractivity contribution in [3.63, 3.8) is 0 Å². The van der Waals surface area contributed by atoms with Gasteiger partial charge < -0.3 is 15.4 Å². The Morgan fingerprint density at radius 1 is 1.12 bits per heavy atom. The van der Waals surface area contributed by atoms with E-state index in [9.17, 15) is 9.59 Å². The Bertz CT molecular complexity index is 739. The van der Waals surface area contributed by atoms with Crippen LogP contribution in [0.4, 0.5) is 16.2 Å². The molecular formula is C17H19ClN4O3. The highest BCUT2D eigenvalue weighted by molar-refractivity contribution is 6.33. The summed E-state index contributed by atoms with van der Waals surface area (Å²) in [7, 11) is 1.45. The fourth-order valence-corrected chi connectivity index (χ4v) is 2.18. The van der Waals surface area contributed by atoms with Crippen LogP contribution in [0, 0.1) is 0 Å². The third-order valence-corrected chi connectivity index (χ3v) is 3.45. The molecule has 0 unspecified atom stereocenters. The fourth-order valence-electron chi connectivity index (χ4n) is 2.00. The van der Waals surface area contributed by atoms with E-state index in [1.807, 2.05) is 6.07 Å². The number of benzene rings is 2. The van der Waals surface area contributed by atoms with Gasteiger partial charge in [-0.25, -0.2) is 4.79 Å². The molecule has 0 saturated heterocycles. The normalized spacial score (nSPS) is 10.0. The third kappa shape index (κ3) is 6.33. The Labute approximate surface area is 150 Å². The van der Waals surface area contributed by atoms with E-state index in [4.69, 9.17) is 16.3 Å². The maximum atomic E-state index is 11.8. The number of halogens is 1. The quantitative estimate of drug-likeness (QED) is 0.570. The Hall–Kier alpha value is -2.77. The lowest BCUT2D eigenvalue weighted by atomic mass is 10.2. The standard InChI is InChI=1S/C17H19ClN4O3/c1-25-11-16(23)20-13-6-4-5-12(9-13)10-19-17(24)22-21-15-8-3-2-7-14(15)18/h2-9,21H,10-11H2,1H3,(H,20,23)(H2,19,22,24). The van der Waals surface area contributed by atoms with E-state index in [-0.39, 0.29) is 12.5 Å². The van der Waals surface area contributed by atoms with Gasteiger partial charge >= 0.3 is 6.03 Å². The molecule has 7 nitrogen and oxygen atoms in total. The summed E-state index contributed by atoms with van der Waals surface area (Å²) in [6, 6.07) is 13.8. The number of urea groups is 1. The fraction of sp³-hybridized carbons (Fsp3) is 0.176. The molecule has 0 spiro atoms. The van der Waals surface area contributed by atoms with Gasteiger partial charge in [0.15, 0.2) is 0 Å². The van der Waals surface area contributed by atoms with Crippen LogP contribution in [0.1, 0.15) is 5.56 Å². The minimum atomic E-state index is -0.409. The van der Waals surface area contributed by atoms with Crippen LogP contribution in [0.5, 0.6) is 0 Å². The van der Waals surface area contributed by atoms with Gasteiger partial charge in [-0.3, -0.25) is 15.6 Å². The number of hydrogen-bond donors (Lipinski definition) is 4. The molecule has 3 amide bonds. The van der Waals surface area contributed by atoms with E-state index in [1.54, 1.807) is 42.5 Å². The van der Waals surface area contributed by atoms with Crippen molar-refractivity contribution in [3.05, 3.63) is 59.1 Å². The molecule has 0 bridgehead atoms. The first-order chi connectivity index (χ1) is 12.1. The maximum Gasteiger partial charge on any atom is 0.333 e. The zero-order chi connectivity index (χ0) is 18.1. The number of carbonyl (C=O) groups is 2. The van der Waals surface area contributed by atoms with Crippen LogP contribution >= 0.6 is 11.6 Å². The van der Waals surface area contributed by atoms with E-state index in [0.717, 1.165) is 5.56 Å². The second-order valence-electron chi connectivity index (χ2n) is 5.09. The lowest BCUT2D eigenvalue weighted by molar-refractivity contribution is -0.119. The summed E-state index contributed by atoms with van der Waals surface area (Å²) in [5.74, 6) is -0.241. The smallest absolute Gasteiger partial charge is 0.333 e. The Morgan fingerprint density at radius 2 is 1.92 bits per heavy atom. The molecule has 2 rings (SSSR count). The Morgan fingerprint density at radius 3 is 2.68 bits per heavy atom. The number of nitrogens with one attached hydrogen (secondary N) is 4. The number of hydrogen-bond acceptors (Lipinski definition) is 4. The first kappa shape index (κ1) is 18.6. The number of ether oxygens (including phenoxy) is 1. The largest absolute Gasteiger partial charge is 0.375 e. The van der Waals surface area contributed by atoms with Gasteiger partial charge in [0, 0.05) is 19.3 Å². The number of carbonyl (C=O) groups excluding carboxylic acids is 2. The van der Waals surface area contributed by atoms with Crippen molar-refractivity contribution >= 4 is 34.9 Å². The topological polar surface area (TPSA) is 91.5 Å². The molecule has 0 radical (unpaired) electrons. The molecule has 0 fully saturated rings. The number of amides is 3. The van der Waals surface area contributed by atoms with Crippen LogP contribution in [0.15, 0.2) is 48.5 Å². The molecule has 0 aromatic heterocycles. The van der Waals surface area contributed by atoms with Gasteiger partial charge in [0.25, 0.3) is 0 Å². The van der Waals surface area contributed by atoms with Crippen molar-refractivity contribution in [1.82, 2.24) is 10.7 Å². The van der Waals surface area contributed by atoms with E-state index >= 15 is 0 Å². The van der Waals surface area contributed by atoms with Gasteiger partial charge in [-0.05, 0) is 29.8 Å². The average molecular weight is 363 g/mol.